The third kappa shape index (κ3) is 5.61. The summed E-state index contributed by atoms with van der Waals surface area (Å²) in [4.78, 5) is 30.5. The smallest absolute Gasteiger partial charge is 0.491 e. The maximum Gasteiger partial charge on any atom is 0.573 e. The number of ether oxygens (including phenoxy) is 2. The Morgan fingerprint density at radius 2 is 1.76 bits per heavy atom. The largest absolute Gasteiger partial charge is 0.573 e. The number of carbonyl (C=O) groups is 2. The molecular formula is C26H20F3N3O5. The van der Waals surface area contributed by atoms with E-state index in [0.717, 1.165) is 10.8 Å². The molecule has 0 saturated carbocycles. The molecule has 0 fully saturated rings. The summed E-state index contributed by atoms with van der Waals surface area (Å²) < 4.78 is 47.6. The molecule has 3 heterocycles. The summed E-state index contributed by atoms with van der Waals surface area (Å²) in [5, 5.41) is 11.7. The number of nitrogens with zero attached hydrogens (tertiary/aromatic N) is 2. The van der Waals surface area contributed by atoms with Crippen LogP contribution in [0.15, 0.2) is 79.1 Å². The zero-order valence-electron chi connectivity index (χ0n) is 19.1. The van der Waals surface area contributed by atoms with Gasteiger partial charge >= 0.3 is 6.36 Å². The predicted molar refractivity (Wildman–Crippen MR) is 126 cm³/mol. The fraction of sp³-hybridized carbons (Fsp3) is 0.154. The standard InChI is InChI=1S/C25H18F3N3O3.CH2O2/c26-25(27,28)34-19-9-7-18(8-10-19)24(11-13-33-21-6-3-12-29-22(21)24)31-23(32)20-14-16-4-1-2-5-17(16)15-30-20;2-1-3/h1-10,12,14-15H,11,13H2,(H,31,32);1H,(H,2,3)/t24-;/m0./s1. The average Bonchev–Trinajstić information content (AvgIpc) is 2.88. The van der Waals surface area contributed by atoms with Crippen molar-refractivity contribution in [2.45, 2.75) is 18.3 Å². The molecule has 1 aliphatic heterocycles. The second-order valence-corrected chi connectivity index (χ2v) is 7.90. The maximum atomic E-state index is 13.4. The van der Waals surface area contributed by atoms with Crippen LogP contribution in [0.3, 0.4) is 0 Å². The molecule has 5 rings (SSSR count). The van der Waals surface area contributed by atoms with Crippen molar-refractivity contribution in [3.05, 3.63) is 96.1 Å². The third-order valence-electron chi connectivity index (χ3n) is 5.68. The molecule has 1 amide bonds. The molecule has 2 aromatic heterocycles. The molecule has 1 atom stereocenters. The minimum absolute atomic E-state index is 0.207. The Balaban J connectivity index is 0.00000102. The van der Waals surface area contributed by atoms with Crippen LogP contribution in [0.1, 0.15) is 28.2 Å². The lowest BCUT2D eigenvalue weighted by Gasteiger charge is -2.39. The fourth-order valence-corrected chi connectivity index (χ4v) is 4.14. The first-order valence-electron chi connectivity index (χ1n) is 11.0. The molecular weight excluding hydrogens is 491 g/mol. The highest BCUT2D eigenvalue weighted by Gasteiger charge is 2.43. The normalized spacial score (nSPS) is 16.4. The summed E-state index contributed by atoms with van der Waals surface area (Å²) in [5.74, 6) is -0.321. The van der Waals surface area contributed by atoms with Gasteiger partial charge in [0.2, 0.25) is 0 Å². The van der Waals surface area contributed by atoms with Crippen LogP contribution in [0.2, 0.25) is 0 Å². The number of benzene rings is 2. The number of halogens is 3. The highest BCUT2D eigenvalue weighted by atomic mass is 19.4. The molecule has 190 valence electrons. The summed E-state index contributed by atoms with van der Waals surface area (Å²) in [6.45, 7) is 0.0188. The molecule has 2 N–H and O–H groups in total. The first-order valence-corrected chi connectivity index (χ1v) is 11.0. The van der Waals surface area contributed by atoms with Crippen molar-refractivity contribution < 1.29 is 37.3 Å². The van der Waals surface area contributed by atoms with E-state index in [-0.39, 0.29) is 24.5 Å². The Labute approximate surface area is 208 Å². The number of rotatable bonds is 4. The van der Waals surface area contributed by atoms with Gasteiger partial charge in [-0.25, -0.2) is 0 Å². The van der Waals surface area contributed by atoms with Crippen LogP contribution in [0.4, 0.5) is 13.2 Å². The number of hydrogen-bond donors (Lipinski definition) is 2. The maximum absolute atomic E-state index is 13.4. The van der Waals surface area contributed by atoms with Crippen molar-refractivity contribution in [2.75, 3.05) is 6.61 Å². The van der Waals surface area contributed by atoms with Gasteiger partial charge in [-0.2, -0.15) is 0 Å². The molecule has 0 saturated heterocycles. The lowest BCUT2D eigenvalue weighted by molar-refractivity contribution is -0.274. The van der Waals surface area contributed by atoms with E-state index in [1.807, 2.05) is 24.3 Å². The third-order valence-corrected chi connectivity index (χ3v) is 5.68. The van der Waals surface area contributed by atoms with E-state index in [0.29, 0.717) is 23.4 Å². The van der Waals surface area contributed by atoms with Gasteiger partial charge in [-0.05, 0) is 41.3 Å². The average molecular weight is 511 g/mol. The molecule has 0 spiro atoms. The van der Waals surface area contributed by atoms with Crippen LogP contribution in [0.25, 0.3) is 10.8 Å². The number of amides is 1. The highest BCUT2D eigenvalue weighted by molar-refractivity contribution is 5.97. The van der Waals surface area contributed by atoms with Crippen molar-refractivity contribution in [1.29, 1.82) is 0 Å². The Morgan fingerprint density at radius 1 is 1.05 bits per heavy atom. The van der Waals surface area contributed by atoms with E-state index in [2.05, 4.69) is 20.0 Å². The van der Waals surface area contributed by atoms with E-state index in [1.165, 1.54) is 24.3 Å². The minimum Gasteiger partial charge on any atom is -0.491 e. The van der Waals surface area contributed by atoms with E-state index < -0.39 is 17.8 Å². The molecule has 0 aliphatic carbocycles. The van der Waals surface area contributed by atoms with Gasteiger partial charge in [-0.15, -0.1) is 13.2 Å². The second-order valence-electron chi connectivity index (χ2n) is 7.90. The van der Waals surface area contributed by atoms with Gasteiger partial charge in [0.1, 0.15) is 28.4 Å². The zero-order valence-corrected chi connectivity index (χ0v) is 19.1. The number of fused-ring (bicyclic) bond motifs is 2. The molecule has 1 aliphatic rings. The quantitative estimate of drug-likeness (QED) is 0.383. The van der Waals surface area contributed by atoms with Crippen LogP contribution in [-0.2, 0) is 10.3 Å². The van der Waals surface area contributed by atoms with Gasteiger partial charge in [0.25, 0.3) is 12.4 Å². The number of aromatic nitrogens is 2. The Hall–Kier alpha value is -4.67. The van der Waals surface area contributed by atoms with E-state index in [9.17, 15) is 18.0 Å². The Morgan fingerprint density at radius 3 is 2.46 bits per heavy atom. The van der Waals surface area contributed by atoms with Gasteiger partial charge in [-0.1, -0.05) is 36.4 Å². The molecule has 0 bridgehead atoms. The number of pyridine rings is 2. The molecule has 8 nitrogen and oxygen atoms in total. The van der Waals surface area contributed by atoms with E-state index in [1.54, 1.807) is 30.6 Å². The topological polar surface area (TPSA) is 111 Å². The highest BCUT2D eigenvalue weighted by Crippen LogP contribution is 2.41. The van der Waals surface area contributed by atoms with Gasteiger partial charge in [0.05, 0.1) is 6.61 Å². The Bertz CT molecular complexity index is 1410. The van der Waals surface area contributed by atoms with Crippen molar-refractivity contribution in [3.8, 4) is 11.5 Å². The number of carbonyl (C=O) groups excluding carboxylic acids is 1. The zero-order chi connectivity index (χ0) is 26.5. The number of alkyl halides is 3. The van der Waals surface area contributed by atoms with E-state index in [4.69, 9.17) is 14.6 Å². The van der Waals surface area contributed by atoms with Crippen molar-refractivity contribution in [2.24, 2.45) is 0 Å². The summed E-state index contributed by atoms with van der Waals surface area (Å²) in [5.41, 5.74) is 0.0640. The van der Waals surface area contributed by atoms with Crippen LogP contribution in [0, 0.1) is 0 Å². The summed E-state index contributed by atoms with van der Waals surface area (Å²) in [7, 11) is 0. The number of nitrogens with one attached hydrogen (secondary N) is 1. The summed E-state index contributed by atoms with van der Waals surface area (Å²) >= 11 is 0. The first kappa shape index (κ1) is 25.4. The van der Waals surface area contributed by atoms with Crippen LogP contribution < -0.4 is 14.8 Å². The van der Waals surface area contributed by atoms with Gasteiger partial charge in [-0.3, -0.25) is 19.6 Å². The molecule has 2 aromatic carbocycles. The lowest BCUT2D eigenvalue weighted by Crippen LogP contribution is -2.50. The Kier molecular flexibility index (Phi) is 7.23. The van der Waals surface area contributed by atoms with Gasteiger partial charge in [0.15, 0.2) is 0 Å². The van der Waals surface area contributed by atoms with Crippen LogP contribution in [-0.4, -0.2) is 40.4 Å². The molecule has 37 heavy (non-hydrogen) atoms. The van der Waals surface area contributed by atoms with Crippen molar-refractivity contribution in [1.82, 2.24) is 15.3 Å². The van der Waals surface area contributed by atoms with Crippen molar-refractivity contribution >= 4 is 23.2 Å². The molecule has 4 aromatic rings. The second kappa shape index (κ2) is 10.5. The van der Waals surface area contributed by atoms with Gasteiger partial charge < -0.3 is 19.9 Å². The fourth-order valence-electron chi connectivity index (χ4n) is 4.14. The number of hydrogen-bond acceptors (Lipinski definition) is 6. The predicted octanol–water partition coefficient (Wildman–Crippen LogP) is 4.69. The summed E-state index contributed by atoms with van der Waals surface area (Å²) in [6.07, 6.45) is -1.29. The first-order chi connectivity index (χ1) is 17.8. The minimum atomic E-state index is -4.80. The molecule has 11 heteroatoms. The molecule has 0 radical (unpaired) electrons. The van der Waals surface area contributed by atoms with Gasteiger partial charge in [0, 0.05) is 24.2 Å². The monoisotopic (exact) mass is 511 g/mol. The van der Waals surface area contributed by atoms with Crippen molar-refractivity contribution in [3.63, 3.8) is 0 Å². The van der Waals surface area contributed by atoms with Crippen LogP contribution in [0.5, 0.6) is 11.5 Å². The lowest BCUT2D eigenvalue weighted by atomic mass is 9.81. The van der Waals surface area contributed by atoms with Crippen LogP contribution >= 0.6 is 0 Å². The number of carboxylic acid groups (broad SMARTS) is 1. The van der Waals surface area contributed by atoms with E-state index >= 15 is 0 Å². The molecule has 0 unspecified atom stereocenters. The SMILES string of the molecule is O=C(N[C@]1(c2ccc(OC(F)(F)F)cc2)CCOc2cccnc21)c1cc2ccccc2cn1.O=CO. The summed E-state index contributed by atoms with van der Waals surface area (Å²) in [6, 6.07) is 18.1.